The van der Waals surface area contributed by atoms with Crippen molar-refractivity contribution in [2.75, 3.05) is 18.8 Å². The fraction of sp³-hybridized carbons (Fsp3) is 0.562. The third-order valence-corrected chi connectivity index (χ3v) is 3.70. The van der Waals surface area contributed by atoms with Gasteiger partial charge in [0.05, 0.1) is 0 Å². The molecule has 0 bridgehead atoms. The molecular formula is C16H25N3O. The molecule has 4 nitrogen and oxygen atoms in total. The molecule has 1 aliphatic carbocycles. The minimum atomic E-state index is 0.127. The van der Waals surface area contributed by atoms with Crippen molar-refractivity contribution in [3.8, 4) is 0 Å². The number of nitrogen functional groups attached to an aromatic ring is 1. The van der Waals surface area contributed by atoms with Gasteiger partial charge in [0.25, 0.3) is 0 Å². The fourth-order valence-electron chi connectivity index (χ4n) is 2.62. The van der Waals surface area contributed by atoms with Gasteiger partial charge in [0.1, 0.15) is 0 Å². The predicted octanol–water partition coefficient (Wildman–Crippen LogP) is 2.01. The summed E-state index contributed by atoms with van der Waals surface area (Å²) >= 11 is 0. The van der Waals surface area contributed by atoms with E-state index in [0.717, 1.165) is 31.6 Å². The Hall–Kier alpha value is -1.55. The molecule has 0 radical (unpaired) electrons. The molecule has 1 amide bonds. The molecule has 1 aromatic carbocycles. The number of nitrogens with one attached hydrogen (secondary N) is 2. The average Bonchev–Trinajstić information content (AvgIpc) is 2.79. The summed E-state index contributed by atoms with van der Waals surface area (Å²) < 4.78 is 0. The van der Waals surface area contributed by atoms with Crippen LogP contribution in [0.2, 0.25) is 0 Å². The Balaban J connectivity index is 1.75. The van der Waals surface area contributed by atoms with Gasteiger partial charge in [-0.2, -0.15) is 0 Å². The minimum absolute atomic E-state index is 0.127. The van der Waals surface area contributed by atoms with E-state index in [-0.39, 0.29) is 5.91 Å². The van der Waals surface area contributed by atoms with Crippen LogP contribution in [0.25, 0.3) is 0 Å². The summed E-state index contributed by atoms with van der Waals surface area (Å²) in [6.45, 7) is 5.67. The average molecular weight is 275 g/mol. The topological polar surface area (TPSA) is 67.2 Å². The van der Waals surface area contributed by atoms with E-state index in [2.05, 4.69) is 36.6 Å². The summed E-state index contributed by atoms with van der Waals surface area (Å²) in [5.74, 6) is 0.626. The number of carbonyl (C=O) groups excluding carboxylic acids is 1. The molecule has 4 N–H and O–H groups in total. The van der Waals surface area contributed by atoms with Crippen LogP contribution in [0, 0.1) is 5.92 Å². The van der Waals surface area contributed by atoms with E-state index in [9.17, 15) is 4.79 Å². The predicted molar refractivity (Wildman–Crippen MR) is 82.4 cm³/mol. The van der Waals surface area contributed by atoms with Gasteiger partial charge in [0.15, 0.2) is 0 Å². The molecular weight excluding hydrogens is 250 g/mol. The van der Waals surface area contributed by atoms with Gasteiger partial charge in [-0.25, -0.2) is 0 Å². The zero-order valence-corrected chi connectivity index (χ0v) is 12.4. The highest BCUT2D eigenvalue weighted by Gasteiger charge is 2.21. The lowest BCUT2D eigenvalue weighted by Gasteiger charge is -2.14. The maximum atomic E-state index is 11.6. The molecule has 0 aromatic heterocycles. The van der Waals surface area contributed by atoms with Crippen molar-refractivity contribution in [3.05, 3.63) is 29.3 Å². The molecule has 0 saturated heterocycles. The van der Waals surface area contributed by atoms with Gasteiger partial charge in [-0.05, 0) is 42.0 Å². The first-order valence-electron chi connectivity index (χ1n) is 7.44. The molecule has 110 valence electrons. The van der Waals surface area contributed by atoms with E-state index in [0.29, 0.717) is 18.4 Å². The van der Waals surface area contributed by atoms with E-state index in [1.54, 1.807) is 0 Å². The number of nitrogens with two attached hydrogens (primary N) is 1. The van der Waals surface area contributed by atoms with Crippen molar-refractivity contribution in [2.45, 2.75) is 39.2 Å². The van der Waals surface area contributed by atoms with Crippen LogP contribution in [-0.2, 0) is 11.2 Å². The van der Waals surface area contributed by atoms with Gasteiger partial charge in [-0.15, -0.1) is 0 Å². The van der Waals surface area contributed by atoms with Crippen LogP contribution >= 0.6 is 0 Å². The summed E-state index contributed by atoms with van der Waals surface area (Å²) in [4.78, 5) is 11.6. The molecule has 1 aliphatic rings. The van der Waals surface area contributed by atoms with E-state index in [1.807, 2.05) is 6.07 Å². The standard InChI is InChI=1S/C16H25N3O/c1-11(2)10-19-16(20)7-8-18-15-6-3-12-9-13(17)4-5-14(12)15/h4-5,9,11,15,18H,3,6-8,10,17H2,1-2H3,(H,19,20). The summed E-state index contributed by atoms with van der Waals surface area (Å²) in [6.07, 6.45) is 2.69. The molecule has 0 saturated carbocycles. The third kappa shape index (κ3) is 3.97. The van der Waals surface area contributed by atoms with Crippen LogP contribution < -0.4 is 16.4 Å². The van der Waals surface area contributed by atoms with Crippen molar-refractivity contribution in [1.29, 1.82) is 0 Å². The Bertz CT molecular complexity index is 471. The van der Waals surface area contributed by atoms with Crippen LogP contribution in [0.5, 0.6) is 0 Å². The summed E-state index contributed by atoms with van der Waals surface area (Å²) in [7, 11) is 0. The molecule has 0 heterocycles. The van der Waals surface area contributed by atoms with E-state index < -0.39 is 0 Å². The van der Waals surface area contributed by atoms with E-state index in [1.165, 1.54) is 11.1 Å². The van der Waals surface area contributed by atoms with Crippen molar-refractivity contribution in [1.82, 2.24) is 10.6 Å². The Morgan fingerprint density at radius 2 is 2.25 bits per heavy atom. The second kappa shape index (κ2) is 6.75. The Morgan fingerprint density at radius 1 is 1.45 bits per heavy atom. The molecule has 0 aliphatic heterocycles. The lowest BCUT2D eigenvalue weighted by atomic mass is 10.1. The highest BCUT2D eigenvalue weighted by Crippen LogP contribution is 2.32. The van der Waals surface area contributed by atoms with E-state index in [4.69, 9.17) is 5.73 Å². The second-order valence-corrected chi connectivity index (χ2v) is 5.95. The smallest absolute Gasteiger partial charge is 0.221 e. The quantitative estimate of drug-likeness (QED) is 0.696. The molecule has 0 spiro atoms. The van der Waals surface area contributed by atoms with Crippen LogP contribution in [0.15, 0.2) is 18.2 Å². The molecule has 1 atom stereocenters. The van der Waals surface area contributed by atoms with Crippen LogP contribution in [0.3, 0.4) is 0 Å². The van der Waals surface area contributed by atoms with Gasteiger partial charge in [0.2, 0.25) is 5.91 Å². The Kier molecular flexibility index (Phi) is 5.01. The molecule has 1 aromatic rings. The van der Waals surface area contributed by atoms with Gasteiger partial charge < -0.3 is 16.4 Å². The SMILES string of the molecule is CC(C)CNC(=O)CCNC1CCc2cc(N)ccc21. The first-order chi connectivity index (χ1) is 9.56. The molecule has 2 rings (SSSR count). The lowest BCUT2D eigenvalue weighted by Crippen LogP contribution is -2.31. The molecule has 0 fully saturated rings. The summed E-state index contributed by atoms with van der Waals surface area (Å²) in [5.41, 5.74) is 9.31. The van der Waals surface area contributed by atoms with Gasteiger partial charge >= 0.3 is 0 Å². The van der Waals surface area contributed by atoms with Crippen molar-refractivity contribution >= 4 is 11.6 Å². The maximum Gasteiger partial charge on any atom is 0.221 e. The van der Waals surface area contributed by atoms with Crippen molar-refractivity contribution < 1.29 is 4.79 Å². The van der Waals surface area contributed by atoms with Crippen LogP contribution in [-0.4, -0.2) is 19.0 Å². The van der Waals surface area contributed by atoms with Gasteiger partial charge in [-0.3, -0.25) is 4.79 Å². The number of hydrogen-bond donors (Lipinski definition) is 3. The highest BCUT2D eigenvalue weighted by molar-refractivity contribution is 5.76. The summed E-state index contributed by atoms with van der Waals surface area (Å²) in [6, 6.07) is 6.48. The first-order valence-corrected chi connectivity index (χ1v) is 7.44. The minimum Gasteiger partial charge on any atom is -0.399 e. The Morgan fingerprint density at radius 3 is 3.00 bits per heavy atom. The normalized spacial score (nSPS) is 17.2. The first kappa shape index (κ1) is 14.9. The second-order valence-electron chi connectivity index (χ2n) is 5.95. The third-order valence-electron chi connectivity index (χ3n) is 3.70. The molecule has 4 heteroatoms. The largest absolute Gasteiger partial charge is 0.399 e. The lowest BCUT2D eigenvalue weighted by molar-refractivity contribution is -0.121. The molecule has 1 unspecified atom stereocenters. The number of hydrogen-bond acceptors (Lipinski definition) is 3. The monoisotopic (exact) mass is 275 g/mol. The number of anilines is 1. The fourth-order valence-corrected chi connectivity index (χ4v) is 2.62. The van der Waals surface area contributed by atoms with Gasteiger partial charge in [0, 0.05) is 31.2 Å². The number of benzene rings is 1. The number of amides is 1. The van der Waals surface area contributed by atoms with Crippen molar-refractivity contribution in [2.24, 2.45) is 5.92 Å². The Labute approximate surface area is 121 Å². The van der Waals surface area contributed by atoms with E-state index >= 15 is 0 Å². The van der Waals surface area contributed by atoms with Crippen LogP contribution in [0.4, 0.5) is 5.69 Å². The number of rotatable bonds is 6. The number of fused-ring (bicyclic) bond motifs is 1. The summed E-state index contributed by atoms with van der Waals surface area (Å²) in [5, 5.41) is 6.41. The zero-order valence-electron chi connectivity index (χ0n) is 12.4. The molecule has 20 heavy (non-hydrogen) atoms. The highest BCUT2D eigenvalue weighted by atomic mass is 16.1. The number of aryl methyl sites for hydroxylation is 1. The maximum absolute atomic E-state index is 11.6. The zero-order chi connectivity index (χ0) is 14.5. The van der Waals surface area contributed by atoms with Gasteiger partial charge in [-0.1, -0.05) is 19.9 Å². The van der Waals surface area contributed by atoms with Crippen molar-refractivity contribution in [3.63, 3.8) is 0 Å². The van der Waals surface area contributed by atoms with Crippen LogP contribution in [0.1, 0.15) is 43.9 Å². The number of carbonyl (C=O) groups is 1.